The van der Waals surface area contributed by atoms with E-state index in [0.29, 0.717) is 11.3 Å². The average Bonchev–Trinajstić information content (AvgIpc) is 2.38. The van der Waals surface area contributed by atoms with Crippen LogP contribution in [0.3, 0.4) is 0 Å². The van der Waals surface area contributed by atoms with Crippen LogP contribution in [0, 0.1) is 0 Å². The first kappa shape index (κ1) is 14.9. The molecule has 0 aromatic heterocycles. The van der Waals surface area contributed by atoms with Gasteiger partial charge in [-0.1, -0.05) is 37.3 Å². The van der Waals surface area contributed by atoms with E-state index in [1.807, 2.05) is 37.3 Å². The maximum Gasteiger partial charge on any atom is 0.129 e. The summed E-state index contributed by atoms with van der Waals surface area (Å²) in [6.45, 7) is 3.95. The molecule has 0 saturated heterocycles. The van der Waals surface area contributed by atoms with Crippen LogP contribution in [0.25, 0.3) is 5.57 Å². The number of aromatic hydroxyl groups is 2. The molecular formula is C16H21NO2. The number of allylic oxidation sites excluding steroid dienone is 6. The Bertz CT molecular complexity index is 490. The van der Waals surface area contributed by atoms with Crippen LogP contribution in [0.2, 0.25) is 0 Å². The standard InChI is InChI=1S/C16H21NO2/c1-4-6-7-9-12(8-5-2)16-14(18)10-13(17-3)11-15(16)19/h5-11,17-19H,4H2,1-3H3/b7-6+,8-5-,12-9+. The number of hydrogen-bond donors (Lipinski definition) is 3. The first-order chi connectivity index (χ1) is 9.13. The number of anilines is 1. The minimum Gasteiger partial charge on any atom is -0.507 e. The lowest BCUT2D eigenvalue weighted by Crippen LogP contribution is -1.91. The first-order valence-corrected chi connectivity index (χ1v) is 6.37. The molecule has 0 aliphatic heterocycles. The molecule has 0 fully saturated rings. The summed E-state index contributed by atoms with van der Waals surface area (Å²) in [6, 6.07) is 3.19. The van der Waals surface area contributed by atoms with E-state index in [2.05, 4.69) is 12.2 Å². The fraction of sp³-hybridized carbons (Fsp3) is 0.250. The molecule has 3 nitrogen and oxygen atoms in total. The topological polar surface area (TPSA) is 52.5 Å². The van der Waals surface area contributed by atoms with Gasteiger partial charge in [-0.05, 0) is 18.9 Å². The molecule has 102 valence electrons. The fourth-order valence-electron chi connectivity index (χ4n) is 1.76. The Morgan fingerprint density at radius 1 is 1.26 bits per heavy atom. The van der Waals surface area contributed by atoms with Gasteiger partial charge in [-0.2, -0.15) is 0 Å². The van der Waals surface area contributed by atoms with Crippen LogP contribution in [0.5, 0.6) is 11.5 Å². The SMILES string of the molecule is C\C=C/C(=C\C=C\CC)c1c(O)cc(NC)cc1O. The highest BCUT2D eigenvalue weighted by Crippen LogP contribution is 2.37. The lowest BCUT2D eigenvalue weighted by atomic mass is 10.0. The predicted octanol–water partition coefficient (Wildman–Crippen LogP) is 4.07. The Morgan fingerprint density at radius 2 is 1.89 bits per heavy atom. The molecule has 1 rings (SSSR count). The van der Waals surface area contributed by atoms with E-state index >= 15 is 0 Å². The second kappa shape index (κ2) is 7.31. The summed E-state index contributed by atoms with van der Waals surface area (Å²) in [6.07, 6.45) is 10.5. The maximum atomic E-state index is 10.1. The summed E-state index contributed by atoms with van der Waals surface area (Å²) < 4.78 is 0. The molecule has 3 N–H and O–H groups in total. The van der Waals surface area contributed by atoms with Crippen molar-refractivity contribution in [2.24, 2.45) is 0 Å². The van der Waals surface area contributed by atoms with Gasteiger partial charge in [0.25, 0.3) is 0 Å². The molecule has 3 heteroatoms. The van der Waals surface area contributed by atoms with Crippen molar-refractivity contribution >= 4 is 11.3 Å². The van der Waals surface area contributed by atoms with Gasteiger partial charge < -0.3 is 15.5 Å². The minimum atomic E-state index is 0.0543. The summed E-state index contributed by atoms with van der Waals surface area (Å²) in [7, 11) is 1.74. The third-order valence-electron chi connectivity index (χ3n) is 2.67. The first-order valence-electron chi connectivity index (χ1n) is 6.37. The highest BCUT2D eigenvalue weighted by Gasteiger charge is 2.11. The normalized spacial score (nSPS) is 12.5. The molecule has 0 radical (unpaired) electrons. The van der Waals surface area contributed by atoms with Crippen molar-refractivity contribution < 1.29 is 10.2 Å². The summed E-state index contributed by atoms with van der Waals surface area (Å²) in [4.78, 5) is 0. The third-order valence-corrected chi connectivity index (χ3v) is 2.67. The minimum absolute atomic E-state index is 0.0543. The van der Waals surface area contributed by atoms with Gasteiger partial charge in [-0.15, -0.1) is 0 Å². The Labute approximate surface area is 114 Å². The number of hydrogen-bond acceptors (Lipinski definition) is 3. The molecule has 1 aromatic rings. The number of benzene rings is 1. The molecule has 0 bridgehead atoms. The summed E-state index contributed by atoms with van der Waals surface area (Å²) in [5.41, 5.74) is 1.88. The van der Waals surface area contributed by atoms with Gasteiger partial charge in [0.2, 0.25) is 0 Å². The van der Waals surface area contributed by atoms with Crippen molar-refractivity contribution in [3.05, 3.63) is 48.1 Å². The monoisotopic (exact) mass is 259 g/mol. The van der Waals surface area contributed by atoms with Crippen molar-refractivity contribution in [1.29, 1.82) is 0 Å². The molecule has 0 aliphatic carbocycles. The van der Waals surface area contributed by atoms with E-state index in [-0.39, 0.29) is 11.5 Å². The second-order valence-corrected chi connectivity index (χ2v) is 4.10. The molecule has 0 aliphatic rings. The quantitative estimate of drug-likeness (QED) is 0.699. The molecule has 0 saturated carbocycles. The molecule has 0 atom stereocenters. The summed E-state index contributed by atoms with van der Waals surface area (Å²) in [5.74, 6) is 0.109. The lowest BCUT2D eigenvalue weighted by Gasteiger charge is -2.10. The zero-order valence-corrected chi connectivity index (χ0v) is 11.6. The van der Waals surface area contributed by atoms with Crippen molar-refractivity contribution in [2.75, 3.05) is 12.4 Å². The van der Waals surface area contributed by atoms with Crippen molar-refractivity contribution in [1.82, 2.24) is 0 Å². The van der Waals surface area contributed by atoms with Crippen LogP contribution >= 0.6 is 0 Å². The smallest absolute Gasteiger partial charge is 0.129 e. The van der Waals surface area contributed by atoms with Crippen LogP contribution in [-0.2, 0) is 0 Å². The fourth-order valence-corrected chi connectivity index (χ4v) is 1.76. The molecule has 1 aromatic carbocycles. The lowest BCUT2D eigenvalue weighted by molar-refractivity contribution is 0.448. The van der Waals surface area contributed by atoms with Gasteiger partial charge in [-0.25, -0.2) is 0 Å². The van der Waals surface area contributed by atoms with Gasteiger partial charge in [0.1, 0.15) is 11.5 Å². The number of rotatable bonds is 5. The van der Waals surface area contributed by atoms with E-state index in [0.717, 1.165) is 12.0 Å². The highest BCUT2D eigenvalue weighted by molar-refractivity contribution is 5.83. The van der Waals surface area contributed by atoms with Crippen molar-refractivity contribution in [3.63, 3.8) is 0 Å². The zero-order valence-electron chi connectivity index (χ0n) is 11.6. The number of phenols is 2. The van der Waals surface area contributed by atoms with Gasteiger partial charge in [0, 0.05) is 24.9 Å². The molecule has 0 unspecified atom stereocenters. The van der Waals surface area contributed by atoms with Crippen LogP contribution in [0.15, 0.2) is 42.5 Å². The van der Waals surface area contributed by atoms with E-state index in [9.17, 15) is 10.2 Å². The molecule has 0 spiro atoms. The van der Waals surface area contributed by atoms with Gasteiger partial charge in [0.15, 0.2) is 0 Å². The Morgan fingerprint density at radius 3 is 2.37 bits per heavy atom. The van der Waals surface area contributed by atoms with Gasteiger partial charge >= 0.3 is 0 Å². The highest BCUT2D eigenvalue weighted by atomic mass is 16.3. The molecule has 0 amide bonds. The predicted molar refractivity (Wildman–Crippen MR) is 81.5 cm³/mol. The van der Waals surface area contributed by atoms with Crippen LogP contribution in [0.1, 0.15) is 25.8 Å². The van der Waals surface area contributed by atoms with E-state index < -0.39 is 0 Å². The van der Waals surface area contributed by atoms with Crippen molar-refractivity contribution in [2.45, 2.75) is 20.3 Å². The largest absolute Gasteiger partial charge is 0.507 e. The second-order valence-electron chi connectivity index (χ2n) is 4.10. The molecule has 0 heterocycles. The average molecular weight is 259 g/mol. The summed E-state index contributed by atoms with van der Waals surface area (Å²) >= 11 is 0. The Balaban J connectivity index is 3.31. The Kier molecular flexibility index (Phi) is 5.73. The van der Waals surface area contributed by atoms with Crippen molar-refractivity contribution in [3.8, 4) is 11.5 Å². The molecule has 19 heavy (non-hydrogen) atoms. The van der Waals surface area contributed by atoms with Crippen LogP contribution < -0.4 is 5.32 Å². The Hall–Kier alpha value is -2.16. The maximum absolute atomic E-state index is 10.1. The third kappa shape index (κ3) is 3.91. The van der Waals surface area contributed by atoms with Gasteiger partial charge in [0.05, 0.1) is 5.56 Å². The zero-order chi connectivity index (χ0) is 14.3. The van der Waals surface area contributed by atoms with Gasteiger partial charge in [-0.3, -0.25) is 0 Å². The number of phenolic OH excluding ortho intramolecular Hbond substituents is 2. The van der Waals surface area contributed by atoms with E-state index in [1.165, 1.54) is 0 Å². The number of nitrogens with one attached hydrogen (secondary N) is 1. The summed E-state index contributed by atoms with van der Waals surface area (Å²) in [5, 5.41) is 23.0. The van der Waals surface area contributed by atoms with Crippen LogP contribution in [-0.4, -0.2) is 17.3 Å². The van der Waals surface area contributed by atoms with E-state index in [4.69, 9.17) is 0 Å². The van der Waals surface area contributed by atoms with Crippen LogP contribution in [0.4, 0.5) is 5.69 Å². The molecular weight excluding hydrogens is 238 g/mol. The van der Waals surface area contributed by atoms with E-state index in [1.54, 1.807) is 19.2 Å².